The Balaban J connectivity index is 1.97. The van der Waals surface area contributed by atoms with Crippen LogP contribution >= 0.6 is 0 Å². The average molecular weight is 303 g/mol. The van der Waals surface area contributed by atoms with Crippen molar-refractivity contribution in [1.29, 1.82) is 0 Å². The van der Waals surface area contributed by atoms with Crippen molar-refractivity contribution in [2.75, 3.05) is 31.3 Å². The number of ether oxygens (including phenoxy) is 2. The number of hydrogen-bond donors (Lipinski definition) is 0. The van der Waals surface area contributed by atoms with Crippen molar-refractivity contribution in [2.45, 2.75) is 18.7 Å². The molecule has 1 heterocycles. The van der Waals surface area contributed by atoms with Gasteiger partial charge in [-0.05, 0) is 24.1 Å². The molecule has 2 aromatic rings. The van der Waals surface area contributed by atoms with Crippen molar-refractivity contribution in [3.05, 3.63) is 36.4 Å². The summed E-state index contributed by atoms with van der Waals surface area (Å²) in [5.74, 6) is 3.85. The third-order valence-electron chi connectivity index (χ3n) is 3.68. The molecule has 3 rings (SSSR count). The summed E-state index contributed by atoms with van der Waals surface area (Å²) in [5, 5.41) is 2.60. The maximum Gasteiger partial charge on any atom is 0.163 e. The van der Waals surface area contributed by atoms with E-state index >= 15 is 0 Å². The van der Waals surface area contributed by atoms with Gasteiger partial charge in [0.15, 0.2) is 4.90 Å². The lowest BCUT2D eigenvalue weighted by molar-refractivity contribution is 0.159. The minimum absolute atomic E-state index is 0.316. The molecule has 0 atom stereocenters. The highest BCUT2D eigenvalue weighted by molar-refractivity contribution is 7.97. The normalized spacial score (nSPS) is 16.5. The summed E-state index contributed by atoms with van der Waals surface area (Å²) in [6, 6.07) is 13.1. The lowest BCUT2D eigenvalue weighted by Gasteiger charge is -2.17. The van der Waals surface area contributed by atoms with Gasteiger partial charge >= 0.3 is 0 Å². The maximum atomic E-state index is 6.00. The first-order chi connectivity index (χ1) is 10.3. The Labute approximate surface area is 129 Å². The highest BCUT2D eigenvalue weighted by Gasteiger charge is 2.27. The number of fused-ring (bicyclic) bond motifs is 1. The molecule has 0 spiro atoms. The van der Waals surface area contributed by atoms with E-state index in [1.165, 1.54) is 15.7 Å². The molecule has 2 nitrogen and oxygen atoms in total. The van der Waals surface area contributed by atoms with E-state index in [0.29, 0.717) is 16.8 Å². The van der Waals surface area contributed by atoms with Crippen LogP contribution in [0.1, 0.15) is 13.8 Å². The van der Waals surface area contributed by atoms with Gasteiger partial charge in [0.1, 0.15) is 17.3 Å². The van der Waals surface area contributed by atoms with E-state index < -0.39 is 0 Å². The molecular formula is C18H23O2S+. The van der Waals surface area contributed by atoms with Crippen molar-refractivity contribution in [3.8, 4) is 5.75 Å². The highest BCUT2D eigenvalue weighted by Crippen LogP contribution is 2.33. The monoisotopic (exact) mass is 303 g/mol. The second-order valence-electron chi connectivity index (χ2n) is 5.83. The lowest BCUT2D eigenvalue weighted by atomic mass is 10.1. The van der Waals surface area contributed by atoms with Crippen LogP contribution in [0.2, 0.25) is 0 Å². The predicted octanol–water partition coefficient (Wildman–Crippen LogP) is 3.88. The van der Waals surface area contributed by atoms with Crippen molar-refractivity contribution < 1.29 is 9.47 Å². The van der Waals surface area contributed by atoms with Crippen LogP contribution in [0.25, 0.3) is 10.8 Å². The fraction of sp³-hybridized carbons (Fsp3) is 0.444. The number of benzene rings is 2. The second kappa shape index (κ2) is 6.71. The van der Waals surface area contributed by atoms with Crippen LogP contribution in [0.5, 0.6) is 5.75 Å². The van der Waals surface area contributed by atoms with E-state index in [-0.39, 0.29) is 0 Å². The first kappa shape index (κ1) is 14.7. The molecular weight excluding hydrogens is 280 g/mol. The van der Waals surface area contributed by atoms with E-state index in [1.54, 1.807) is 0 Å². The molecule has 0 amide bonds. The van der Waals surface area contributed by atoms with Crippen molar-refractivity contribution in [1.82, 2.24) is 0 Å². The van der Waals surface area contributed by atoms with Crippen LogP contribution in [0.4, 0.5) is 0 Å². The standard InChI is InChI=1S/C18H23O2S/c1-14(2)13-20-17-7-8-18(21-11-9-19-10-12-21)16-6-4-3-5-15(16)17/h3-8,14H,9-13H2,1-2H3/q+1. The van der Waals surface area contributed by atoms with Crippen molar-refractivity contribution >= 4 is 21.7 Å². The van der Waals surface area contributed by atoms with Gasteiger partial charge in [-0.25, -0.2) is 0 Å². The quantitative estimate of drug-likeness (QED) is 0.798. The van der Waals surface area contributed by atoms with Crippen LogP contribution in [0, 0.1) is 5.92 Å². The third kappa shape index (κ3) is 3.35. The Morgan fingerprint density at radius 2 is 1.76 bits per heavy atom. The Morgan fingerprint density at radius 3 is 2.48 bits per heavy atom. The second-order valence-corrected chi connectivity index (χ2v) is 8.07. The minimum atomic E-state index is 0.316. The summed E-state index contributed by atoms with van der Waals surface area (Å²) in [6.45, 7) is 6.91. The molecule has 1 aliphatic heterocycles. The SMILES string of the molecule is CC(C)COc1ccc([S+]2CCOCC2)c2ccccc12. The first-order valence-corrected chi connectivity index (χ1v) is 9.22. The first-order valence-electron chi connectivity index (χ1n) is 7.65. The van der Waals surface area contributed by atoms with Crippen LogP contribution in [0.3, 0.4) is 0 Å². The Morgan fingerprint density at radius 1 is 1.05 bits per heavy atom. The van der Waals surface area contributed by atoms with Crippen LogP contribution in [0.15, 0.2) is 41.3 Å². The molecule has 0 N–H and O–H groups in total. The zero-order chi connectivity index (χ0) is 14.7. The van der Waals surface area contributed by atoms with Crippen LogP contribution in [-0.2, 0) is 15.6 Å². The van der Waals surface area contributed by atoms with Crippen molar-refractivity contribution in [3.63, 3.8) is 0 Å². The molecule has 0 aromatic heterocycles. The Bertz CT molecular complexity index is 603. The summed E-state index contributed by atoms with van der Waals surface area (Å²) in [5.41, 5.74) is 0. The fourth-order valence-electron chi connectivity index (χ4n) is 2.62. The van der Waals surface area contributed by atoms with Gasteiger partial charge in [0.25, 0.3) is 0 Å². The van der Waals surface area contributed by atoms with E-state index in [9.17, 15) is 0 Å². The van der Waals surface area contributed by atoms with Gasteiger partial charge in [-0.1, -0.05) is 32.0 Å². The molecule has 0 unspecified atom stereocenters. The summed E-state index contributed by atoms with van der Waals surface area (Å²) in [6.07, 6.45) is 0. The molecule has 1 fully saturated rings. The van der Waals surface area contributed by atoms with Gasteiger partial charge in [-0.2, -0.15) is 0 Å². The third-order valence-corrected chi connectivity index (χ3v) is 5.97. The van der Waals surface area contributed by atoms with E-state index in [2.05, 4.69) is 50.2 Å². The zero-order valence-corrected chi connectivity index (χ0v) is 13.6. The molecule has 0 radical (unpaired) electrons. The molecule has 1 saturated heterocycles. The van der Waals surface area contributed by atoms with Crippen LogP contribution < -0.4 is 4.74 Å². The molecule has 0 aliphatic carbocycles. The summed E-state index contributed by atoms with van der Waals surface area (Å²) >= 11 is 0. The zero-order valence-electron chi connectivity index (χ0n) is 12.8. The lowest BCUT2D eigenvalue weighted by Crippen LogP contribution is -2.26. The molecule has 112 valence electrons. The molecule has 3 heteroatoms. The van der Waals surface area contributed by atoms with E-state index in [1.807, 2.05) is 0 Å². The molecule has 1 aliphatic rings. The Kier molecular flexibility index (Phi) is 4.71. The molecule has 0 saturated carbocycles. The summed E-state index contributed by atoms with van der Waals surface area (Å²) < 4.78 is 11.5. The van der Waals surface area contributed by atoms with Gasteiger partial charge in [-0.3, -0.25) is 0 Å². The van der Waals surface area contributed by atoms with Gasteiger partial charge in [0.05, 0.1) is 19.8 Å². The molecule has 2 aromatic carbocycles. The Hall–Kier alpha value is -1.19. The van der Waals surface area contributed by atoms with Gasteiger partial charge in [0.2, 0.25) is 0 Å². The smallest absolute Gasteiger partial charge is 0.163 e. The van der Waals surface area contributed by atoms with Crippen LogP contribution in [-0.4, -0.2) is 31.3 Å². The minimum Gasteiger partial charge on any atom is -0.493 e. The van der Waals surface area contributed by atoms with Gasteiger partial charge in [0, 0.05) is 21.7 Å². The van der Waals surface area contributed by atoms with Gasteiger partial charge in [-0.15, -0.1) is 0 Å². The average Bonchev–Trinajstić information content (AvgIpc) is 2.53. The summed E-state index contributed by atoms with van der Waals surface area (Å²) in [4.78, 5) is 1.48. The number of rotatable bonds is 4. The van der Waals surface area contributed by atoms with Gasteiger partial charge < -0.3 is 9.47 Å². The van der Waals surface area contributed by atoms with E-state index in [0.717, 1.165) is 37.1 Å². The largest absolute Gasteiger partial charge is 0.493 e. The number of hydrogen-bond acceptors (Lipinski definition) is 2. The molecule has 21 heavy (non-hydrogen) atoms. The topological polar surface area (TPSA) is 18.5 Å². The highest BCUT2D eigenvalue weighted by atomic mass is 32.2. The predicted molar refractivity (Wildman–Crippen MR) is 90.5 cm³/mol. The molecule has 0 bridgehead atoms. The van der Waals surface area contributed by atoms with Crippen molar-refractivity contribution in [2.24, 2.45) is 5.92 Å². The maximum absolute atomic E-state index is 6.00. The summed E-state index contributed by atoms with van der Waals surface area (Å²) in [7, 11) is 0.316. The van der Waals surface area contributed by atoms with E-state index in [4.69, 9.17) is 9.47 Å². The fourth-order valence-corrected chi connectivity index (χ4v) is 4.65.